The number of alkyl carbamates (subject to hydrolysis) is 2. The van der Waals surface area contributed by atoms with Gasteiger partial charge in [0.15, 0.2) is 0 Å². The molecular formula is C59H70N8O6. The summed E-state index contributed by atoms with van der Waals surface area (Å²) in [6.07, 6.45) is 10.6. The fourth-order valence-corrected chi connectivity index (χ4v) is 11.0. The number of carbonyl (C=O) groups excluding carboxylic acids is 4. The van der Waals surface area contributed by atoms with Crippen molar-refractivity contribution in [2.24, 2.45) is 11.8 Å². The van der Waals surface area contributed by atoms with E-state index in [1.54, 1.807) is 0 Å². The number of imidazole rings is 2. The van der Waals surface area contributed by atoms with Gasteiger partial charge in [-0.3, -0.25) is 9.59 Å². The van der Waals surface area contributed by atoms with Crippen molar-refractivity contribution in [1.82, 2.24) is 40.4 Å². The molecule has 382 valence electrons. The number of H-pyrrole nitrogens is 2. The number of carbonyl (C=O) groups is 4. The summed E-state index contributed by atoms with van der Waals surface area (Å²) in [5, 5.41) is 5.50. The van der Waals surface area contributed by atoms with Gasteiger partial charge in [-0.2, -0.15) is 0 Å². The summed E-state index contributed by atoms with van der Waals surface area (Å²) in [4.78, 5) is 72.7. The molecule has 2 fully saturated rings. The van der Waals surface area contributed by atoms with Crippen LogP contribution < -0.4 is 10.6 Å². The Labute approximate surface area is 429 Å². The van der Waals surface area contributed by atoms with Gasteiger partial charge in [0.25, 0.3) is 0 Å². The number of amides is 4. The molecular weight excluding hydrogens is 917 g/mol. The van der Waals surface area contributed by atoms with E-state index in [1.807, 2.05) is 49.9 Å². The highest BCUT2D eigenvalue weighted by Crippen LogP contribution is 2.38. The maximum atomic E-state index is 13.9. The summed E-state index contributed by atoms with van der Waals surface area (Å²) < 4.78 is 9.66. The van der Waals surface area contributed by atoms with E-state index in [-0.39, 0.29) is 41.7 Å². The van der Waals surface area contributed by atoms with Gasteiger partial charge in [-0.15, -0.1) is 0 Å². The zero-order valence-electron chi connectivity index (χ0n) is 43.3. The first-order valence-electron chi connectivity index (χ1n) is 26.2. The highest BCUT2D eigenvalue weighted by molar-refractivity contribution is 5.87. The van der Waals surface area contributed by atoms with Crippen molar-refractivity contribution < 1.29 is 28.7 Å². The largest absolute Gasteiger partial charge is 0.453 e. The molecule has 12 rings (SSSR count). The lowest BCUT2D eigenvalue weighted by Crippen LogP contribution is -2.53. The smallest absolute Gasteiger partial charge is 0.407 e. The Bertz CT molecular complexity index is 2920. The molecule has 73 heavy (non-hydrogen) atoms. The molecule has 14 heteroatoms. The predicted octanol–water partition coefficient (Wildman–Crippen LogP) is 11.1. The van der Waals surface area contributed by atoms with Crippen LogP contribution in [-0.4, -0.2) is 93.1 Å². The van der Waals surface area contributed by atoms with Gasteiger partial charge in [-0.05, 0) is 120 Å². The third-order valence-electron chi connectivity index (χ3n) is 15.3. The van der Waals surface area contributed by atoms with Gasteiger partial charge >= 0.3 is 12.2 Å². The fraction of sp³-hybridized carbons (Fsp3) is 0.424. The molecule has 4 heterocycles. The lowest BCUT2D eigenvalue weighted by molar-refractivity contribution is -0.139. The van der Waals surface area contributed by atoms with Crippen molar-refractivity contribution in [1.29, 1.82) is 0 Å². The Kier molecular flexibility index (Phi) is 15.5. The molecule has 4 aromatic carbocycles. The second kappa shape index (κ2) is 22.3. The lowest BCUT2D eigenvalue weighted by atomic mass is 9.84. The summed E-state index contributed by atoms with van der Waals surface area (Å²) >= 11 is 0. The van der Waals surface area contributed by atoms with Gasteiger partial charge < -0.3 is 39.9 Å². The summed E-state index contributed by atoms with van der Waals surface area (Å²) in [5.41, 5.74) is 13.7. The summed E-state index contributed by atoms with van der Waals surface area (Å²) in [5.74, 6) is 1.31. The number of likely N-dealkylation sites (tertiary alicyclic amines) is 2. The Morgan fingerprint density at radius 1 is 0.589 bits per heavy atom. The SMILES string of the molecule is COC(=O)N[C@H](C(=O)N1CCCC[C@H]1c1nc(-c2ccc(-c3cc4ccc3CCc3ccc(c(-c5ccc(-c6c[nH]c([C@@H]7CCCCN7C(=O)[C@@H](NC(=O)OC)C(C)C)n6)cc5)c3)C[C@H]4C)cc2)c[nH]1)C(C)C. The van der Waals surface area contributed by atoms with Gasteiger partial charge in [-0.1, -0.05) is 120 Å². The number of nitrogens with zero attached hydrogens (tertiary/aromatic N) is 4. The van der Waals surface area contributed by atoms with E-state index in [2.05, 4.69) is 112 Å². The molecule has 2 aliphatic heterocycles. The van der Waals surface area contributed by atoms with Crippen molar-refractivity contribution in [2.75, 3.05) is 27.3 Å². The van der Waals surface area contributed by atoms with Crippen molar-refractivity contribution in [3.05, 3.63) is 131 Å². The Morgan fingerprint density at radius 2 is 1.05 bits per heavy atom. The Morgan fingerprint density at radius 3 is 1.53 bits per heavy atom. The zero-order valence-corrected chi connectivity index (χ0v) is 43.3. The first-order chi connectivity index (χ1) is 35.3. The minimum Gasteiger partial charge on any atom is -0.453 e. The maximum Gasteiger partial charge on any atom is 0.407 e. The monoisotopic (exact) mass is 987 g/mol. The molecule has 4 amide bonds. The van der Waals surface area contributed by atoms with Crippen molar-refractivity contribution in [2.45, 2.75) is 122 Å². The quantitative estimate of drug-likeness (QED) is 0.0937. The lowest BCUT2D eigenvalue weighted by Gasteiger charge is -2.37. The number of rotatable bonds is 12. The molecule has 2 saturated heterocycles. The van der Waals surface area contributed by atoms with E-state index >= 15 is 0 Å². The number of aromatic amines is 2. The Balaban J connectivity index is 0.895. The Hall–Kier alpha value is -7.22. The van der Waals surface area contributed by atoms with E-state index in [1.165, 1.54) is 58.7 Å². The molecule has 0 unspecified atom stereocenters. The normalized spacial score (nSPS) is 18.7. The van der Waals surface area contributed by atoms with Crippen LogP contribution in [0.5, 0.6) is 0 Å². The number of benzene rings is 4. The molecule has 6 aliphatic rings. The van der Waals surface area contributed by atoms with Crippen LogP contribution in [-0.2, 0) is 38.3 Å². The molecule has 4 bridgehead atoms. The number of hydrogen-bond donors (Lipinski definition) is 4. The van der Waals surface area contributed by atoms with Crippen molar-refractivity contribution in [3.63, 3.8) is 0 Å². The van der Waals surface area contributed by atoms with Crippen LogP contribution in [0, 0.1) is 11.8 Å². The third-order valence-corrected chi connectivity index (χ3v) is 15.3. The zero-order chi connectivity index (χ0) is 51.3. The second-order valence-corrected chi connectivity index (χ2v) is 20.8. The summed E-state index contributed by atoms with van der Waals surface area (Å²) in [6, 6.07) is 29.6. The standard InChI is InChI=1S/C59H70N8O6/c1-35(2)52(64-58(70)72-6)56(68)66-28-10-8-12-50(66)54-60-33-48(62-54)42-23-18-40(19-24-42)46-31-38-14-16-39-22-27-44(37(5)30-45(46)17-15-38)32-47(39)41-20-25-43(26-21-41)49-34-61-55(63-49)51-13-9-11-29-67(51)57(69)53(36(3)4)65-59(71)73-7/h15,17-27,31-37,50-53H,8-14,16,28-30H2,1-7H3,(H,60,62)(H,61,63)(H,64,70)(H,65,71)/t37-,50+,51+,52+,53+/m1/s1. The first-order valence-corrected chi connectivity index (χ1v) is 26.2. The van der Waals surface area contributed by atoms with Gasteiger partial charge in [0, 0.05) is 36.6 Å². The minimum absolute atomic E-state index is 0.108. The maximum absolute atomic E-state index is 13.9. The molecule has 0 saturated carbocycles. The molecule has 4 aliphatic carbocycles. The fourth-order valence-electron chi connectivity index (χ4n) is 11.0. The number of aromatic nitrogens is 4. The van der Waals surface area contributed by atoms with Crippen LogP contribution in [0.2, 0.25) is 0 Å². The summed E-state index contributed by atoms with van der Waals surface area (Å²) in [7, 11) is 2.62. The third kappa shape index (κ3) is 11.1. The van der Waals surface area contributed by atoms with Crippen LogP contribution in [0.4, 0.5) is 9.59 Å². The van der Waals surface area contributed by atoms with E-state index in [9.17, 15) is 19.2 Å². The van der Waals surface area contributed by atoms with E-state index in [0.29, 0.717) is 13.1 Å². The van der Waals surface area contributed by atoms with Crippen LogP contribution in [0.3, 0.4) is 0 Å². The van der Waals surface area contributed by atoms with Gasteiger partial charge in [-0.25, -0.2) is 19.6 Å². The molecule has 2 aromatic heterocycles. The molecule has 4 N–H and O–H groups in total. The van der Waals surface area contributed by atoms with E-state index in [0.717, 1.165) is 92.0 Å². The number of piperidine rings is 2. The van der Waals surface area contributed by atoms with Crippen molar-refractivity contribution >= 4 is 24.0 Å². The van der Waals surface area contributed by atoms with Crippen LogP contribution in [0.25, 0.3) is 44.8 Å². The number of hydrogen-bond acceptors (Lipinski definition) is 8. The van der Waals surface area contributed by atoms with Crippen LogP contribution >= 0.6 is 0 Å². The number of nitrogens with one attached hydrogen (secondary N) is 4. The topological polar surface area (TPSA) is 175 Å². The highest BCUT2D eigenvalue weighted by atomic mass is 16.5. The van der Waals surface area contributed by atoms with Gasteiger partial charge in [0.05, 0.1) is 37.7 Å². The average molecular weight is 987 g/mol. The first kappa shape index (κ1) is 50.7. The van der Waals surface area contributed by atoms with Crippen molar-refractivity contribution in [3.8, 4) is 44.8 Å². The highest BCUT2D eigenvalue weighted by Gasteiger charge is 2.38. The second-order valence-electron chi connectivity index (χ2n) is 20.8. The number of ether oxygens (including phenoxy) is 2. The summed E-state index contributed by atoms with van der Waals surface area (Å²) in [6.45, 7) is 11.2. The number of aryl methyl sites for hydroxylation is 2. The molecule has 0 spiro atoms. The van der Waals surface area contributed by atoms with E-state index in [4.69, 9.17) is 19.4 Å². The minimum atomic E-state index is -0.692. The molecule has 5 atom stereocenters. The predicted molar refractivity (Wildman–Crippen MR) is 283 cm³/mol. The van der Waals surface area contributed by atoms with Gasteiger partial charge in [0.1, 0.15) is 23.7 Å². The molecule has 14 nitrogen and oxygen atoms in total. The molecule has 6 aromatic rings. The van der Waals surface area contributed by atoms with Gasteiger partial charge in [0.2, 0.25) is 11.8 Å². The number of methoxy groups -OCH3 is 2. The van der Waals surface area contributed by atoms with E-state index < -0.39 is 24.3 Å². The average Bonchev–Trinajstić information content (AvgIpc) is 4.12. The molecule has 0 radical (unpaired) electrons. The van der Waals surface area contributed by atoms with Crippen LogP contribution in [0.15, 0.2) is 97.3 Å². The van der Waals surface area contributed by atoms with Crippen LogP contribution in [0.1, 0.15) is 125 Å².